The molecule has 1 aromatic heterocycles. The van der Waals surface area contributed by atoms with Gasteiger partial charge in [-0.15, -0.1) is 10.2 Å². The van der Waals surface area contributed by atoms with Crippen LogP contribution in [0, 0.1) is 0 Å². The number of carbonyl (C=O) groups is 1. The fourth-order valence-corrected chi connectivity index (χ4v) is 4.36. The standard InChI is InChI=1S/C28H29N5O4S/c1-28(2,3)20-8-5-18(6-9-20)26-31-32-27(33(26)21-10-13-23(37-4)14-11-21)38-17-25(36)30-29-16-19-7-12-22(34)15-24(19)35/h5-16,34-35H,17H2,1-4H3,(H,30,36)/b29-16-. The van der Waals surface area contributed by atoms with Gasteiger partial charge in [-0.1, -0.05) is 56.8 Å². The molecule has 10 heteroatoms. The van der Waals surface area contributed by atoms with Crippen molar-refractivity contribution in [1.82, 2.24) is 20.2 Å². The Kier molecular flexibility index (Phi) is 8.02. The lowest BCUT2D eigenvalue weighted by molar-refractivity contribution is -0.118. The molecule has 0 radical (unpaired) electrons. The van der Waals surface area contributed by atoms with E-state index in [2.05, 4.69) is 53.6 Å². The summed E-state index contributed by atoms with van der Waals surface area (Å²) in [7, 11) is 1.61. The van der Waals surface area contributed by atoms with Gasteiger partial charge in [0, 0.05) is 22.9 Å². The number of amides is 1. The van der Waals surface area contributed by atoms with E-state index in [0.29, 0.717) is 16.5 Å². The molecule has 0 aliphatic heterocycles. The molecule has 9 nitrogen and oxygen atoms in total. The third-order valence-electron chi connectivity index (χ3n) is 5.71. The van der Waals surface area contributed by atoms with Crippen molar-refractivity contribution in [1.29, 1.82) is 0 Å². The topological polar surface area (TPSA) is 122 Å². The number of hydrogen-bond donors (Lipinski definition) is 3. The summed E-state index contributed by atoms with van der Waals surface area (Å²) in [6.45, 7) is 6.50. The molecule has 0 saturated heterocycles. The van der Waals surface area contributed by atoms with Gasteiger partial charge in [0.05, 0.1) is 19.1 Å². The first-order chi connectivity index (χ1) is 18.2. The van der Waals surface area contributed by atoms with E-state index >= 15 is 0 Å². The summed E-state index contributed by atoms with van der Waals surface area (Å²) in [5, 5.41) is 32.5. The van der Waals surface area contributed by atoms with Crippen LogP contribution in [0.25, 0.3) is 17.1 Å². The first kappa shape index (κ1) is 26.7. The molecule has 4 aromatic rings. The predicted octanol–water partition coefficient (Wildman–Crippen LogP) is 4.89. The SMILES string of the molecule is COc1ccc(-n2c(SCC(=O)N/N=C\c3ccc(O)cc3O)nnc2-c2ccc(C(C)(C)C)cc2)cc1. The van der Waals surface area contributed by atoms with Crippen LogP contribution in [0.1, 0.15) is 31.9 Å². The van der Waals surface area contributed by atoms with Crippen LogP contribution < -0.4 is 10.2 Å². The summed E-state index contributed by atoms with van der Waals surface area (Å²) in [5.74, 6) is 0.850. The van der Waals surface area contributed by atoms with E-state index in [1.807, 2.05) is 41.0 Å². The van der Waals surface area contributed by atoms with Crippen LogP contribution in [0.2, 0.25) is 0 Å². The lowest BCUT2D eigenvalue weighted by atomic mass is 9.87. The summed E-state index contributed by atoms with van der Waals surface area (Å²) >= 11 is 1.22. The monoisotopic (exact) mass is 531 g/mol. The van der Waals surface area contributed by atoms with Crippen LogP contribution in [0.3, 0.4) is 0 Å². The minimum Gasteiger partial charge on any atom is -0.508 e. The van der Waals surface area contributed by atoms with Gasteiger partial charge < -0.3 is 14.9 Å². The second-order valence-electron chi connectivity index (χ2n) is 9.49. The maximum absolute atomic E-state index is 12.5. The second-order valence-corrected chi connectivity index (χ2v) is 10.4. The van der Waals surface area contributed by atoms with E-state index in [0.717, 1.165) is 17.0 Å². The number of nitrogens with zero attached hydrogens (tertiary/aromatic N) is 4. The number of hydrogen-bond acceptors (Lipinski definition) is 8. The highest BCUT2D eigenvalue weighted by molar-refractivity contribution is 7.99. The molecule has 0 atom stereocenters. The smallest absolute Gasteiger partial charge is 0.250 e. The Labute approximate surface area is 225 Å². The van der Waals surface area contributed by atoms with Crippen molar-refractivity contribution in [3.63, 3.8) is 0 Å². The second kappa shape index (κ2) is 11.4. The van der Waals surface area contributed by atoms with E-state index < -0.39 is 0 Å². The summed E-state index contributed by atoms with van der Waals surface area (Å²) < 4.78 is 7.20. The van der Waals surface area contributed by atoms with Crippen molar-refractivity contribution in [3.8, 4) is 34.3 Å². The molecule has 4 rings (SSSR count). The fourth-order valence-electron chi connectivity index (χ4n) is 3.61. The molecule has 0 saturated carbocycles. The molecule has 1 heterocycles. The van der Waals surface area contributed by atoms with Crippen LogP contribution in [0.4, 0.5) is 0 Å². The van der Waals surface area contributed by atoms with E-state index in [-0.39, 0.29) is 28.6 Å². The number of aromatic hydroxyl groups is 2. The minimum atomic E-state index is -0.357. The zero-order valence-electron chi connectivity index (χ0n) is 21.5. The van der Waals surface area contributed by atoms with Crippen LogP contribution in [-0.4, -0.2) is 50.0 Å². The fraction of sp³-hybridized carbons (Fsp3) is 0.214. The van der Waals surface area contributed by atoms with Gasteiger partial charge in [-0.25, -0.2) is 5.43 Å². The van der Waals surface area contributed by atoms with Gasteiger partial charge in [0.25, 0.3) is 5.91 Å². The Balaban J connectivity index is 1.55. The molecule has 196 valence electrons. The molecule has 3 aromatic carbocycles. The van der Waals surface area contributed by atoms with Gasteiger partial charge >= 0.3 is 0 Å². The van der Waals surface area contributed by atoms with Crippen LogP contribution in [-0.2, 0) is 10.2 Å². The Bertz CT molecular complexity index is 1440. The van der Waals surface area contributed by atoms with Crippen LogP contribution >= 0.6 is 11.8 Å². The number of hydrazone groups is 1. The van der Waals surface area contributed by atoms with Gasteiger partial charge in [0.1, 0.15) is 17.2 Å². The molecule has 0 bridgehead atoms. The molecular weight excluding hydrogens is 502 g/mol. The quantitative estimate of drug-likeness (QED) is 0.168. The summed E-state index contributed by atoms with van der Waals surface area (Å²) in [6.07, 6.45) is 1.30. The number of methoxy groups -OCH3 is 1. The average molecular weight is 532 g/mol. The van der Waals surface area contributed by atoms with E-state index in [1.54, 1.807) is 7.11 Å². The van der Waals surface area contributed by atoms with Gasteiger partial charge in [0.2, 0.25) is 0 Å². The maximum Gasteiger partial charge on any atom is 0.250 e. The number of phenols is 2. The largest absolute Gasteiger partial charge is 0.508 e. The number of nitrogens with one attached hydrogen (secondary N) is 1. The number of benzene rings is 3. The maximum atomic E-state index is 12.5. The molecule has 0 spiro atoms. The Morgan fingerprint density at radius 1 is 1.05 bits per heavy atom. The number of rotatable bonds is 8. The van der Waals surface area contributed by atoms with Crippen molar-refractivity contribution in [2.45, 2.75) is 31.3 Å². The third-order valence-corrected chi connectivity index (χ3v) is 6.64. The third kappa shape index (κ3) is 6.33. The number of carbonyl (C=O) groups excluding carboxylic acids is 1. The van der Waals surface area contributed by atoms with Gasteiger partial charge in [-0.05, 0) is 47.4 Å². The molecule has 1 amide bonds. The molecular formula is C28H29N5O4S. The lowest BCUT2D eigenvalue weighted by Crippen LogP contribution is -2.20. The van der Waals surface area contributed by atoms with Crippen molar-refractivity contribution in [2.75, 3.05) is 12.9 Å². The van der Waals surface area contributed by atoms with E-state index in [1.165, 1.54) is 41.7 Å². The highest BCUT2D eigenvalue weighted by atomic mass is 32.2. The molecule has 38 heavy (non-hydrogen) atoms. The van der Waals surface area contributed by atoms with E-state index in [4.69, 9.17) is 4.74 Å². The lowest BCUT2D eigenvalue weighted by Gasteiger charge is -2.19. The number of thioether (sulfide) groups is 1. The van der Waals surface area contributed by atoms with Crippen molar-refractivity contribution >= 4 is 23.9 Å². The van der Waals surface area contributed by atoms with E-state index in [9.17, 15) is 15.0 Å². The Morgan fingerprint density at radius 3 is 2.39 bits per heavy atom. The molecule has 0 aliphatic carbocycles. The number of ether oxygens (including phenoxy) is 1. The Morgan fingerprint density at radius 2 is 1.76 bits per heavy atom. The summed E-state index contributed by atoms with van der Waals surface area (Å²) in [4.78, 5) is 12.5. The molecule has 3 N–H and O–H groups in total. The number of phenolic OH excluding ortho intramolecular Hbond substituents is 2. The molecule has 0 unspecified atom stereocenters. The molecule has 0 aliphatic rings. The average Bonchev–Trinajstić information content (AvgIpc) is 3.32. The van der Waals surface area contributed by atoms with Crippen LogP contribution in [0.5, 0.6) is 17.2 Å². The molecule has 0 fully saturated rings. The van der Waals surface area contributed by atoms with Crippen molar-refractivity contribution < 1.29 is 19.7 Å². The highest BCUT2D eigenvalue weighted by Gasteiger charge is 2.19. The Hall–Kier alpha value is -4.31. The minimum absolute atomic E-state index is 0.0278. The summed E-state index contributed by atoms with van der Waals surface area (Å²) in [6, 6.07) is 19.9. The van der Waals surface area contributed by atoms with Gasteiger partial charge in [-0.2, -0.15) is 5.10 Å². The first-order valence-corrected chi connectivity index (χ1v) is 12.8. The van der Waals surface area contributed by atoms with Crippen molar-refractivity contribution in [3.05, 3.63) is 77.9 Å². The zero-order chi connectivity index (χ0) is 27.3. The van der Waals surface area contributed by atoms with Crippen molar-refractivity contribution in [2.24, 2.45) is 5.10 Å². The summed E-state index contributed by atoms with van der Waals surface area (Å²) in [5.41, 5.74) is 5.76. The first-order valence-electron chi connectivity index (χ1n) is 11.8. The predicted molar refractivity (Wildman–Crippen MR) is 148 cm³/mol. The number of aromatic nitrogens is 3. The highest BCUT2D eigenvalue weighted by Crippen LogP contribution is 2.31. The normalized spacial score (nSPS) is 11.6. The van der Waals surface area contributed by atoms with Gasteiger partial charge in [-0.3, -0.25) is 9.36 Å². The van der Waals surface area contributed by atoms with Gasteiger partial charge in [0.15, 0.2) is 11.0 Å². The zero-order valence-corrected chi connectivity index (χ0v) is 22.4. The van der Waals surface area contributed by atoms with Crippen LogP contribution in [0.15, 0.2) is 77.0 Å².